The summed E-state index contributed by atoms with van der Waals surface area (Å²) in [5.74, 6) is 0.807. The van der Waals surface area contributed by atoms with E-state index >= 15 is 0 Å². The van der Waals surface area contributed by atoms with Crippen LogP contribution in [0.5, 0.6) is 6.01 Å². The quantitative estimate of drug-likeness (QED) is 0.336. The Labute approximate surface area is 226 Å². The van der Waals surface area contributed by atoms with E-state index < -0.39 is 6.10 Å². The SMILES string of the molecule is CCCc1cc2c(N3CCN(C(=O)c4ccc(-c5ccccc5)cc4)CC3)nc(OC[C@H](O)CO)nc2s1. The van der Waals surface area contributed by atoms with Crippen LogP contribution in [0.1, 0.15) is 28.6 Å². The molecular formula is C29H32N4O4S. The Kier molecular flexibility index (Phi) is 8.17. The summed E-state index contributed by atoms with van der Waals surface area (Å²) in [7, 11) is 0. The second kappa shape index (κ2) is 11.9. The Bertz CT molecular complexity index is 1370. The van der Waals surface area contributed by atoms with E-state index in [2.05, 4.69) is 40.0 Å². The van der Waals surface area contributed by atoms with Crippen LogP contribution in [0.15, 0.2) is 60.7 Å². The van der Waals surface area contributed by atoms with Gasteiger partial charge in [0, 0.05) is 36.6 Å². The van der Waals surface area contributed by atoms with E-state index in [1.54, 1.807) is 11.3 Å². The molecule has 2 aromatic carbocycles. The number of benzene rings is 2. The number of hydrogen-bond acceptors (Lipinski definition) is 8. The smallest absolute Gasteiger partial charge is 0.319 e. The molecule has 5 rings (SSSR count). The number of aryl methyl sites for hydroxylation is 1. The summed E-state index contributed by atoms with van der Waals surface area (Å²) >= 11 is 1.62. The number of fused-ring (bicyclic) bond motifs is 1. The highest BCUT2D eigenvalue weighted by Crippen LogP contribution is 2.34. The van der Waals surface area contributed by atoms with Crippen molar-refractivity contribution in [3.63, 3.8) is 0 Å². The average molecular weight is 533 g/mol. The second-order valence-corrected chi connectivity index (χ2v) is 10.5. The van der Waals surface area contributed by atoms with Crippen LogP contribution in [0, 0.1) is 0 Å². The van der Waals surface area contributed by atoms with Gasteiger partial charge in [-0.05, 0) is 35.7 Å². The average Bonchev–Trinajstić information content (AvgIpc) is 3.38. The van der Waals surface area contributed by atoms with E-state index in [9.17, 15) is 9.90 Å². The molecule has 198 valence electrons. The highest BCUT2D eigenvalue weighted by Gasteiger charge is 2.25. The largest absolute Gasteiger partial charge is 0.461 e. The maximum atomic E-state index is 13.2. The summed E-state index contributed by atoms with van der Waals surface area (Å²) < 4.78 is 5.61. The third kappa shape index (κ3) is 5.80. The van der Waals surface area contributed by atoms with Crippen molar-refractivity contribution in [1.82, 2.24) is 14.9 Å². The lowest BCUT2D eigenvalue weighted by atomic mass is 10.0. The Morgan fingerprint density at radius 2 is 1.74 bits per heavy atom. The van der Waals surface area contributed by atoms with Gasteiger partial charge in [0.2, 0.25) is 0 Å². The summed E-state index contributed by atoms with van der Waals surface area (Å²) in [4.78, 5) is 28.6. The van der Waals surface area contributed by atoms with Crippen molar-refractivity contribution >= 4 is 33.3 Å². The second-order valence-electron chi connectivity index (χ2n) is 9.38. The summed E-state index contributed by atoms with van der Waals surface area (Å²) in [6.45, 7) is 4.11. The summed E-state index contributed by atoms with van der Waals surface area (Å²) in [6.07, 6.45) is 1.01. The summed E-state index contributed by atoms with van der Waals surface area (Å²) in [5.41, 5.74) is 2.89. The van der Waals surface area contributed by atoms with Gasteiger partial charge >= 0.3 is 6.01 Å². The zero-order valence-corrected chi connectivity index (χ0v) is 22.2. The van der Waals surface area contributed by atoms with Gasteiger partial charge < -0.3 is 24.7 Å². The maximum Gasteiger partial charge on any atom is 0.319 e. The number of aliphatic hydroxyl groups excluding tert-OH is 2. The summed E-state index contributed by atoms with van der Waals surface area (Å²) in [6, 6.07) is 20.2. The molecule has 8 nitrogen and oxygen atoms in total. The monoisotopic (exact) mass is 532 g/mol. The number of amides is 1. The number of thiophene rings is 1. The fourth-order valence-electron chi connectivity index (χ4n) is 4.58. The van der Waals surface area contributed by atoms with Crippen LogP contribution in [0.3, 0.4) is 0 Å². The lowest BCUT2D eigenvalue weighted by Gasteiger charge is -2.35. The molecule has 1 aliphatic heterocycles. The normalized spacial score (nSPS) is 14.6. The molecule has 1 atom stereocenters. The van der Waals surface area contributed by atoms with Crippen molar-refractivity contribution < 1.29 is 19.7 Å². The minimum atomic E-state index is -0.993. The molecule has 2 N–H and O–H groups in total. The van der Waals surface area contributed by atoms with Crippen LogP contribution < -0.4 is 9.64 Å². The van der Waals surface area contributed by atoms with Crippen molar-refractivity contribution in [3.8, 4) is 17.1 Å². The topological polar surface area (TPSA) is 99.0 Å². The van der Waals surface area contributed by atoms with Crippen molar-refractivity contribution in [2.24, 2.45) is 0 Å². The molecule has 3 heterocycles. The van der Waals surface area contributed by atoms with Gasteiger partial charge in [-0.3, -0.25) is 4.79 Å². The van der Waals surface area contributed by atoms with Crippen molar-refractivity contribution in [3.05, 3.63) is 71.1 Å². The third-order valence-corrected chi connectivity index (χ3v) is 7.71. The number of hydrogen-bond donors (Lipinski definition) is 2. The predicted molar refractivity (Wildman–Crippen MR) is 150 cm³/mol. The molecule has 1 fully saturated rings. The lowest BCUT2D eigenvalue weighted by Crippen LogP contribution is -2.49. The van der Waals surface area contributed by atoms with E-state index in [1.165, 1.54) is 4.88 Å². The van der Waals surface area contributed by atoms with E-state index in [1.807, 2.05) is 47.4 Å². The number of rotatable bonds is 9. The van der Waals surface area contributed by atoms with Crippen LogP contribution >= 0.6 is 11.3 Å². The zero-order valence-electron chi connectivity index (χ0n) is 21.4. The van der Waals surface area contributed by atoms with Crippen molar-refractivity contribution in [1.29, 1.82) is 0 Å². The zero-order chi connectivity index (χ0) is 26.5. The third-order valence-electron chi connectivity index (χ3n) is 6.62. The van der Waals surface area contributed by atoms with Crippen molar-refractivity contribution in [2.75, 3.05) is 44.3 Å². The molecule has 0 spiro atoms. The first-order chi connectivity index (χ1) is 18.6. The van der Waals surface area contributed by atoms with Gasteiger partial charge in [-0.2, -0.15) is 9.97 Å². The molecule has 1 aliphatic rings. The van der Waals surface area contributed by atoms with Crippen molar-refractivity contribution in [2.45, 2.75) is 25.9 Å². The van der Waals surface area contributed by atoms with E-state index in [-0.39, 0.29) is 25.1 Å². The number of ether oxygens (including phenoxy) is 1. The number of carbonyl (C=O) groups is 1. The Balaban J connectivity index is 1.30. The Morgan fingerprint density at radius 1 is 1.03 bits per heavy atom. The van der Waals surface area contributed by atoms with Gasteiger partial charge in [0.05, 0.1) is 12.0 Å². The van der Waals surface area contributed by atoms with Crippen LogP contribution in [0.25, 0.3) is 21.3 Å². The molecule has 1 saturated heterocycles. The first-order valence-corrected chi connectivity index (χ1v) is 13.8. The molecule has 38 heavy (non-hydrogen) atoms. The Hall–Kier alpha value is -3.53. The molecule has 9 heteroatoms. The molecule has 0 unspecified atom stereocenters. The number of piperazine rings is 1. The van der Waals surface area contributed by atoms with Gasteiger partial charge in [-0.1, -0.05) is 55.8 Å². The number of carbonyl (C=O) groups excluding carboxylic acids is 1. The minimum Gasteiger partial charge on any atom is -0.461 e. The van der Waals surface area contributed by atoms with Gasteiger partial charge in [0.25, 0.3) is 5.91 Å². The van der Waals surface area contributed by atoms with Gasteiger partial charge in [-0.15, -0.1) is 11.3 Å². The van der Waals surface area contributed by atoms with E-state index in [4.69, 9.17) is 9.84 Å². The van der Waals surface area contributed by atoms with Crippen LogP contribution in [0.4, 0.5) is 5.82 Å². The molecule has 0 aliphatic carbocycles. The first-order valence-electron chi connectivity index (χ1n) is 13.0. The lowest BCUT2D eigenvalue weighted by molar-refractivity contribution is 0.0506. The number of aliphatic hydroxyl groups is 2. The van der Waals surface area contributed by atoms with E-state index in [0.29, 0.717) is 31.7 Å². The number of anilines is 1. The predicted octanol–water partition coefficient (Wildman–Crippen LogP) is 4.01. The van der Waals surface area contributed by atoms with Gasteiger partial charge in [-0.25, -0.2) is 0 Å². The highest BCUT2D eigenvalue weighted by molar-refractivity contribution is 7.18. The molecule has 2 aromatic heterocycles. The maximum absolute atomic E-state index is 13.2. The van der Waals surface area contributed by atoms with Crippen LogP contribution in [0.2, 0.25) is 0 Å². The highest BCUT2D eigenvalue weighted by atomic mass is 32.1. The fourth-order valence-corrected chi connectivity index (χ4v) is 5.69. The molecule has 0 saturated carbocycles. The van der Waals surface area contributed by atoms with E-state index in [0.717, 1.165) is 40.0 Å². The standard InChI is InChI=1S/C29H32N4O4S/c1-2-6-24-17-25-26(30-29(31-27(25)38-24)37-19-23(35)18-34)32-13-15-33(16-14-32)28(36)22-11-9-21(10-12-22)20-7-4-3-5-8-20/h3-5,7-12,17,23,34-35H,2,6,13-16,18-19H2,1H3/t23-/m1/s1. The number of nitrogens with zero attached hydrogens (tertiary/aromatic N) is 4. The molecule has 4 aromatic rings. The molecule has 0 radical (unpaired) electrons. The number of aromatic nitrogens is 2. The van der Waals surface area contributed by atoms with Gasteiger partial charge in [0.15, 0.2) is 0 Å². The summed E-state index contributed by atoms with van der Waals surface area (Å²) in [5, 5.41) is 19.8. The first kappa shape index (κ1) is 26.1. The Morgan fingerprint density at radius 3 is 2.42 bits per heavy atom. The molecule has 0 bridgehead atoms. The molecular weight excluding hydrogens is 500 g/mol. The minimum absolute atomic E-state index is 0.0277. The van der Waals surface area contributed by atoms with Gasteiger partial charge in [0.1, 0.15) is 23.4 Å². The van der Waals surface area contributed by atoms with Crippen LogP contribution in [-0.2, 0) is 6.42 Å². The fraction of sp³-hybridized carbons (Fsp3) is 0.345. The molecule has 1 amide bonds. The van der Waals surface area contributed by atoms with Crippen LogP contribution in [-0.4, -0.2) is 76.5 Å².